The molecule has 0 heterocycles. The maximum absolute atomic E-state index is 9.77. The summed E-state index contributed by atoms with van der Waals surface area (Å²) in [5, 5.41) is 0. The van der Waals surface area contributed by atoms with Gasteiger partial charge in [-0.1, -0.05) is 37.9 Å². The van der Waals surface area contributed by atoms with Crippen LogP contribution >= 0.6 is 24.0 Å². The molecule has 0 bridgehead atoms. The third-order valence-corrected chi connectivity index (χ3v) is 2.70. The molecule has 0 saturated carbocycles. The fourth-order valence-electron chi connectivity index (χ4n) is 0.795. The van der Waals surface area contributed by atoms with E-state index in [0.29, 0.717) is 10.8 Å². The number of nitrogens with one attached hydrogen (secondary N) is 1. The van der Waals surface area contributed by atoms with Crippen LogP contribution < -0.4 is 5.48 Å². The predicted molar refractivity (Wildman–Crippen MR) is 59.5 cm³/mol. The van der Waals surface area contributed by atoms with Crippen LogP contribution in [0.5, 0.6) is 0 Å². The largest absolute Gasteiger partial charge is 0.346 e. The number of thiocarbonyl (C=S) groups is 1. The van der Waals surface area contributed by atoms with Gasteiger partial charge in [-0.3, -0.25) is 4.79 Å². The number of carbonyl (C=O) groups excluding carboxylic acids is 1. The second kappa shape index (κ2) is 13.2. The van der Waals surface area contributed by atoms with Crippen molar-refractivity contribution in [2.45, 2.75) is 32.6 Å². The third kappa shape index (κ3) is 12.2. The maximum Gasteiger partial charge on any atom is 0.320 e. The summed E-state index contributed by atoms with van der Waals surface area (Å²) in [6, 6.07) is 0. The Morgan fingerprint density at radius 2 is 2.21 bits per heavy atom. The zero-order valence-corrected chi connectivity index (χ0v) is 10.9. The Labute approximate surface area is 105 Å². The van der Waals surface area contributed by atoms with E-state index in [1.807, 2.05) is 0 Å². The molecule has 0 rings (SSSR count). The number of thioether (sulfide) groups is 1. The topological polar surface area (TPSA) is 38.3 Å². The second-order valence-electron chi connectivity index (χ2n) is 2.51. The number of rotatable bonds is 7. The van der Waals surface area contributed by atoms with Crippen molar-refractivity contribution < 1.29 is 26.7 Å². The molecule has 3 nitrogen and oxygen atoms in total. The molecule has 0 aromatic carbocycles. The molecule has 0 aliphatic carbocycles. The standard InChI is InChI=1S/C8H15NO2S2.Mn/c1-2-3-4-5-6-13-8(12)9-11-7-10;/h7H,2-6H2,1H3,(H,9,12);. The van der Waals surface area contributed by atoms with Gasteiger partial charge in [-0.05, 0) is 18.6 Å². The molecule has 0 fully saturated rings. The molecule has 83 valence electrons. The quantitative estimate of drug-likeness (QED) is 0.254. The molecule has 0 aromatic heterocycles. The zero-order valence-electron chi connectivity index (χ0n) is 8.12. The molecule has 6 heteroatoms. The van der Waals surface area contributed by atoms with Crippen molar-refractivity contribution in [2.24, 2.45) is 0 Å². The Morgan fingerprint density at radius 3 is 2.79 bits per heavy atom. The van der Waals surface area contributed by atoms with Crippen LogP contribution in [-0.2, 0) is 26.7 Å². The molecule has 0 aliphatic rings. The minimum absolute atomic E-state index is 0. The van der Waals surface area contributed by atoms with Gasteiger partial charge >= 0.3 is 6.47 Å². The summed E-state index contributed by atoms with van der Waals surface area (Å²) in [6.07, 6.45) is 4.90. The van der Waals surface area contributed by atoms with Crippen molar-refractivity contribution in [1.82, 2.24) is 5.48 Å². The predicted octanol–water partition coefficient (Wildman–Crippen LogP) is 2.26. The first-order chi connectivity index (χ1) is 6.31. The summed E-state index contributed by atoms with van der Waals surface area (Å²) in [4.78, 5) is 14.1. The average Bonchev–Trinajstić information content (AvgIpc) is 2.14. The Bertz CT molecular complexity index is 158. The number of hydrogen-bond acceptors (Lipinski definition) is 4. The molecule has 0 aromatic rings. The van der Waals surface area contributed by atoms with Gasteiger partial charge in [0.2, 0.25) is 0 Å². The summed E-state index contributed by atoms with van der Waals surface area (Å²) in [5.74, 6) is 0.980. The van der Waals surface area contributed by atoms with E-state index in [4.69, 9.17) is 12.2 Å². The summed E-state index contributed by atoms with van der Waals surface area (Å²) < 4.78 is 0.517. The van der Waals surface area contributed by atoms with Crippen LogP contribution in [0.2, 0.25) is 0 Å². The van der Waals surface area contributed by atoms with E-state index < -0.39 is 0 Å². The Balaban J connectivity index is 0. The Hall–Kier alpha value is 0.229. The van der Waals surface area contributed by atoms with Gasteiger partial charge < -0.3 is 4.84 Å². The van der Waals surface area contributed by atoms with Crippen LogP contribution in [0.3, 0.4) is 0 Å². The molecular formula is C8H15MnNO2S2. The summed E-state index contributed by atoms with van der Waals surface area (Å²) in [7, 11) is 0. The van der Waals surface area contributed by atoms with Gasteiger partial charge in [-0.25, -0.2) is 5.48 Å². The molecule has 0 aliphatic heterocycles. The third-order valence-electron chi connectivity index (χ3n) is 1.42. The van der Waals surface area contributed by atoms with Crippen molar-refractivity contribution in [1.29, 1.82) is 0 Å². The van der Waals surface area contributed by atoms with E-state index in [2.05, 4.69) is 17.2 Å². The monoisotopic (exact) mass is 276 g/mol. The SMILES string of the molecule is CCCCCCSC(=S)NOC=O.[Mn]. The van der Waals surface area contributed by atoms with Gasteiger partial charge in [0.1, 0.15) is 0 Å². The minimum Gasteiger partial charge on any atom is -0.346 e. The molecule has 1 N–H and O–H groups in total. The Morgan fingerprint density at radius 1 is 1.50 bits per heavy atom. The van der Waals surface area contributed by atoms with Gasteiger partial charge in [0, 0.05) is 22.8 Å². The van der Waals surface area contributed by atoms with E-state index in [1.54, 1.807) is 0 Å². The van der Waals surface area contributed by atoms with E-state index in [-0.39, 0.29) is 17.1 Å². The van der Waals surface area contributed by atoms with E-state index >= 15 is 0 Å². The first-order valence-electron chi connectivity index (χ1n) is 4.33. The van der Waals surface area contributed by atoms with Crippen molar-refractivity contribution >= 4 is 34.8 Å². The molecule has 0 atom stereocenters. The summed E-state index contributed by atoms with van der Waals surface area (Å²) in [6.45, 7) is 2.50. The Kier molecular flexibility index (Phi) is 15.7. The smallest absolute Gasteiger partial charge is 0.320 e. The summed E-state index contributed by atoms with van der Waals surface area (Å²) in [5.41, 5.74) is 2.35. The average molecular weight is 276 g/mol. The van der Waals surface area contributed by atoms with Crippen molar-refractivity contribution in [3.05, 3.63) is 0 Å². The second-order valence-corrected chi connectivity index (χ2v) is 4.28. The van der Waals surface area contributed by atoms with Gasteiger partial charge in [-0.2, -0.15) is 0 Å². The van der Waals surface area contributed by atoms with Crippen LogP contribution in [0, 0.1) is 0 Å². The van der Waals surface area contributed by atoms with Crippen LogP contribution in [0.4, 0.5) is 0 Å². The first kappa shape index (κ1) is 16.7. The van der Waals surface area contributed by atoms with E-state index in [9.17, 15) is 4.79 Å². The molecule has 0 spiro atoms. The molecule has 14 heavy (non-hydrogen) atoms. The van der Waals surface area contributed by atoms with Crippen LogP contribution in [0.1, 0.15) is 32.6 Å². The van der Waals surface area contributed by atoms with Gasteiger partial charge in [-0.15, -0.1) is 0 Å². The number of unbranched alkanes of at least 4 members (excludes halogenated alkanes) is 3. The van der Waals surface area contributed by atoms with Gasteiger partial charge in [0.15, 0.2) is 4.32 Å². The number of hydrogen-bond donors (Lipinski definition) is 1. The molecule has 0 unspecified atom stereocenters. The van der Waals surface area contributed by atoms with Crippen molar-refractivity contribution in [2.75, 3.05) is 5.75 Å². The number of hydroxylamine groups is 1. The minimum atomic E-state index is 0. The number of carbonyl (C=O) groups is 1. The molecular weight excluding hydrogens is 261 g/mol. The van der Waals surface area contributed by atoms with Gasteiger partial charge in [0.25, 0.3) is 0 Å². The van der Waals surface area contributed by atoms with Crippen molar-refractivity contribution in [3.63, 3.8) is 0 Å². The fraction of sp³-hybridized carbons (Fsp3) is 0.750. The zero-order chi connectivity index (χ0) is 9.94. The maximum atomic E-state index is 9.77. The van der Waals surface area contributed by atoms with Crippen LogP contribution in [0.15, 0.2) is 0 Å². The van der Waals surface area contributed by atoms with E-state index in [0.717, 1.165) is 12.2 Å². The first-order valence-corrected chi connectivity index (χ1v) is 5.72. The fourth-order valence-corrected chi connectivity index (χ4v) is 1.73. The van der Waals surface area contributed by atoms with Crippen LogP contribution in [-0.4, -0.2) is 16.5 Å². The normalized spacial score (nSPS) is 8.64. The van der Waals surface area contributed by atoms with Gasteiger partial charge in [0.05, 0.1) is 0 Å². The molecule has 0 amide bonds. The van der Waals surface area contributed by atoms with Crippen LogP contribution in [0.25, 0.3) is 0 Å². The molecule has 1 radical (unpaired) electrons. The summed E-state index contributed by atoms with van der Waals surface area (Å²) >= 11 is 6.37. The molecule has 0 saturated heterocycles. The van der Waals surface area contributed by atoms with Crippen molar-refractivity contribution in [3.8, 4) is 0 Å². The van der Waals surface area contributed by atoms with E-state index in [1.165, 1.54) is 31.0 Å².